The van der Waals surface area contributed by atoms with Crippen molar-refractivity contribution in [3.05, 3.63) is 95.0 Å². The van der Waals surface area contributed by atoms with Crippen LogP contribution in [-0.2, 0) is 16.4 Å². The van der Waals surface area contributed by atoms with Gasteiger partial charge in [-0.25, -0.2) is 8.42 Å². The molecule has 138 valence electrons. The molecule has 0 fully saturated rings. The molecule has 3 aromatic rings. The van der Waals surface area contributed by atoms with Gasteiger partial charge in [0.1, 0.15) is 11.1 Å². The molecule has 1 aliphatic heterocycles. The Morgan fingerprint density at radius 1 is 0.889 bits per heavy atom. The van der Waals surface area contributed by atoms with Crippen LogP contribution in [0.1, 0.15) is 17.3 Å². The Labute approximate surface area is 164 Å². The van der Waals surface area contributed by atoms with Crippen molar-refractivity contribution < 1.29 is 8.42 Å². The van der Waals surface area contributed by atoms with E-state index in [1.165, 1.54) is 4.31 Å². The summed E-state index contributed by atoms with van der Waals surface area (Å²) < 4.78 is 28.2. The molecule has 6 heteroatoms. The summed E-state index contributed by atoms with van der Waals surface area (Å²) in [6.45, 7) is 0.376. The first kappa shape index (κ1) is 18.0. The van der Waals surface area contributed by atoms with Gasteiger partial charge in [-0.3, -0.25) is 0 Å². The Hall–Kier alpha value is -2.34. The van der Waals surface area contributed by atoms with Crippen LogP contribution in [0.4, 0.5) is 5.69 Å². The second kappa shape index (κ2) is 7.35. The molecular formula is C21H19ClN2O2S. The Balaban J connectivity index is 1.74. The first-order chi connectivity index (χ1) is 13.1. The monoisotopic (exact) mass is 398 g/mol. The second-order valence-electron chi connectivity index (χ2n) is 6.45. The molecule has 4 nitrogen and oxygen atoms in total. The number of anilines is 1. The molecule has 1 N–H and O–H groups in total. The zero-order valence-corrected chi connectivity index (χ0v) is 16.1. The standard InChI is InChI=1S/C21H19ClN2O2S/c22-18-12-10-17(11-13-18)21-23-19-8-4-5-9-20(19)27(25,26)24(21)15-14-16-6-2-1-3-7-16/h1-13,21,23H,14-15H2/t21-/m1/s1. The van der Waals surface area contributed by atoms with Crippen LogP contribution < -0.4 is 5.32 Å². The van der Waals surface area contributed by atoms with Gasteiger partial charge in [0.25, 0.3) is 0 Å². The maximum absolute atomic E-state index is 13.3. The minimum Gasteiger partial charge on any atom is -0.364 e. The molecule has 0 aromatic heterocycles. The normalized spacial score (nSPS) is 18.5. The number of sulfonamides is 1. The van der Waals surface area contributed by atoms with E-state index in [-0.39, 0.29) is 0 Å². The van der Waals surface area contributed by atoms with Gasteiger partial charge >= 0.3 is 0 Å². The minimum absolute atomic E-state index is 0.309. The number of nitrogens with zero attached hydrogens (tertiary/aromatic N) is 1. The van der Waals surface area contributed by atoms with Crippen molar-refractivity contribution >= 4 is 27.3 Å². The molecule has 1 heterocycles. The minimum atomic E-state index is -3.62. The van der Waals surface area contributed by atoms with Crippen molar-refractivity contribution in [2.24, 2.45) is 0 Å². The average Bonchev–Trinajstić information content (AvgIpc) is 2.68. The van der Waals surface area contributed by atoms with Crippen molar-refractivity contribution in [3.8, 4) is 0 Å². The number of para-hydroxylation sites is 1. The largest absolute Gasteiger partial charge is 0.364 e. The number of hydrogen-bond acceptors (Lipinski definition) is 3. The summed E-state index contributed by atoms with van der Waals surface area (Å²) >= 11 is 6.01. The van der Waals surface area contributed by atoms with Crippen LogP contribution in [0.25, 0.3) is 0 Å². The van der Waals surface area contributed by atoms with Crippen molar-refractivity contribution in [2.75, 3.05) is 11.9 Å². The summed E-state index contributed by atoms with van der Waals surface area (Å²) in [5.41, 5.74) is 2.57. The molecular weight excluding hydrogens is 380 g/mol. The third kappa shape index (κ3) is 3.58. The molecule has 0 radical (unpaired) electrons. The zero-order valence-electron chi connectivity index (χ0n) is 14.5. The van der Waals surface area contributed by atoms with Crippen LogP contribution in [0.5, 0.6) is 0 Å². The van der Waals surface area contributed by atoms with Gasteiger partial charge in [0, 0.05) is 11.6 Å². The van der Waals surface area contributed by atoms with Crippen LogP contribution in [0, 0.1) is 0 Å². The van der Waals surface area contributed by atoms with E-state index in [0.29, 0.717) is 28.6 Å². The van der Waals surface area contributed by atoms with Gasteiger partial charge in [-0.15, -0.1) is 0 Å². The number of fused-ring (bicyclic) bond motifs is 1. The van der Waals surface area contributed by atoms with E-state index in [0.717, 1.165) is 11.1 Å². The molecule has 1 atom stereocenters. The first-order valence-electron chi connectivity index (χ1n) is 8.72. The molecule has 0 saturated heterocycles. The molecule has 0 saturated carbocycles. The lowest BCUT2D eigenvalue weighted by Gasteiger charge is -2.37. The number of hydrogen-bond donors (Lipinski definition) is 1. The van der Waals surface area contributed by atoms with Crippen molar-refractivity contribution in [1.82, 2.24) is 4.31 Å². The highest BCUT2D eigenvalue weighted by molar-refractivity contribution is 7.89. The van der Waals surface area contributed by atoms with E-state index in [4.69, 9.17) is 11.6 Å². The maximum atomic E-state index is 13.3. The molecule has 0 amide bonds. The summed E-state index contributed by atoms with van der Waals surface area (Å²) in [7, 11) is -3.62. The highest BCUT2D eigenvalue weighted by Gasteiger charge is 2.38. The Morgan fingerprint density at radius 2 is 1.56 bits per heavy atom. The molecule has 4 rings (SSSR count). The van der Waals surface area contributed by atoms with Crippen LogP contribution in [-0.4, -0.2) is 19.3 Å². The van der Waals surface area contributed by atoms with E-state index in [9.17, 15) is 8.42 Å². The Kier molecular flexibility index (Phi) is 4.91. The van der Waals surface area contributed by atoms with Crippen LogP contribution in [0.2, 0.25) is 5.02 Å². The Morgan fingerprint density at radius 3 is 2.30 bits per heavy atom. The van der Waals surface area contributed by atoms with Crippen molar-refractivity contribution in [2.45, 2.75) is 17.5 Å². The predicted octanol–water partition coefficient (Wildman–Crippen LogP) is 4.70. The quantitative estimate of drug-likeness (QED) is 0.693. The molecule has 0 spiro atoms. The second-order valence-corrected chi connectivity index (χ2v) is 8.74. The molecule has 1 aliphatic rings. The lowest BCUT2D eigenvalue weighted by atomic mass is 10.1. The molecule has 0 unspecified atom stereocenters. The highest BCUT2D eigenvalue weighted by Crippen LogP contribution is 2.38. The van der Waals surface area contributed by atoms with Crippen molar-refractivity contribution in [3.63, 3.8) is 0 Å². The van der Waals surface area contributed by atoms with Gasteiger partial charge in [-0.2, -0.15) is 4.31 Å². The van der Waals surface area contributed by atoms with Crippen LogP contribution in [0.3, 0.4) is 0 Å². The lowest BCUT2D eigenvalue weighted by Crippen LogP contribution is -2.43. The van der Waals surface area contributed by atoms with Gasteiger partial charge < -0.3 is 5.32 Å². The number of halogens is 1. The summed E-state index contributed by atoms with van der Waals surface area (Å²) in [6, 6.07) is 24.2. The molecule has 27 heavy (non-hydrogen) atoms. The summed E-state index contributed by atoms with van der Waals surface area (Å²) in [4.78, 5) is 0.309. The smallest absolute Gasteiger partial charge is 0.247 e. The van der Waals surface area contributed by atoms with E-state index in [1.54, 1.807) is 30.3 Å². The van der Waals surface area contributed by atoms with E-state index in [2.05, 4.69) is 5.32 Å². The fraction of sp³-hybridized carbons (Fsp3) is 0.143. The zero-order chi connectivity index (χ0) is 18.9. The third-order valence-electron chi connectivity index (χ3n) is 4.70. The lowest BCUT2D eigenvalue weighted by molar-refractivity contribution is 0.345. The van der Waals surface area contributed by atoms with Gasteiger partial charge in [0.2, 0.25) is 10.0 Å². The van der Waals surface area contributed by atoms with Crippen molar-refractivity contribution in [1.29, 1.82) is 0 Å². The van der Waals surface area contributed by atoms with E-state index in [1.807, 2.05) is 48.5 Å². The van der Waals surface area contributed by atoms with Crippen LogP contribution >= 0.6 is 11.6 Å². The summed E-state index contributed by atoms with van der Waals surface area (Å²) in [5, 5.41) is 4.00. The van der Waals surface area contributed by atoms with E-state index >= 15 is 0 Å². The fourth-order valence-corrected chi connectivity index (χ4v) is 5.14. The van der Waals surface area contributed by atoms with Gasteiger partial charge in [-0.05, 0) is 41.8 Å². The summed E-state index contributed by atoms with van der Waals surface area (Å²) in [5.74, 6) is 0. The number of benzene rings is 3. The highest BCUT2D eigenvalue weighted by atomic mass is 35.5. The van der Waals surface area contributed by atoms with Crippen LogP contribution in [0.15, 0.2) is 83.8 Å². The molecule has 0 aliphatic carbocycles. The molecule has 0 bridgehead atoms. The van der Waals surface area contributed by atoms with E-state index < -0.39 is 16.2 Å². The SMILES string of the molecule is O=S1(=O)c2ccccc2N[C@@H](c2ccc(Cl)cc2)N1CCc1ccccc1. The summed E-state index contributed by atoms with van der Waals surface area (Å²) in [6.07, 6.45) is 0.152. The molecule has 3 aromatic carbocycles. The number of nitrogens with one attached hydrogen (secondary N) is 1. The third-order valence-corrected chi connectivity index (χ3v) is 6.88. The average molecular weight is 399 g/mol. The number of rotatable bonds is 4. The van der Waals surface area contributed by atoms with Gasteiger partial charge in [0.15, 0.2) is 0 Å². The Bertz CT molecular complexity index is 1040. The first-order valence-corrected chi connectivity index (χ1v) is 10.5. The topological polar surface area (TPSA) is 49.4 Å². The van der Waals surface area contributed by atoms with Gasteiger partial charge in [0.05, 0.1) is 5.69 Å². The van der Waals surface area contributed by atoms with Gasteiger partial charge in [-0.1, -0.05) is 66.2 Å². The maximum Gasteiger partial charge on any atom is 0.247 e. The predicted molar refractivity (Wildman–Crippen MR) is 108 cm³/mol. The fourth-order valence-electron chi connectivity index (χ4n) is 3.32.